The van der Waals surface area contributed by atoms with Gasteiger partial charge in [0.15, 0.2) is 22.2 Å². The third-order valence-electron chi connectivity index (χ3n) is 7.70. The van der Waals surface area contributed by atoms with Crippen molar-refractivity contribution in [3.63, 3.8) is 0 Å². The quantitative estimate of drug-likeness (QED) is 0.0778. The van der Waals surface area contributed by atoms with Crippen molar-refractivity contribution >= 4 is 74.9 Å². The summed E-state index contributed by atoms with van der Waals surface area (Å²) in [6.07, 6.45) is 5.37. The van der Waals surface area contributed by atoms with Crippen molar-refractivity contribution in [2.75, 3.05) is 22.5 Å². The van der Waals surface area contributed by atoms with E-state index >= 15 is 0 Å². The van der Waals surface area contributed by atoms with Gasteiger partial charge >= 0.3 is 23.1 Å². The van der Waals surface area contributed by atoms with Crippen LogP contribution in [0, 0.1) is 0 Å². The molecule has 1 amide bonds. The molecule has 6 heterocycles. The zero-order valence-corrected chi connectivity index (χ0v) is 28.3. The number of fused-ring (bicyclic) bond motifs is 3. The average Bonchev–Trinajstić information content (AvgIpc) is 3.19. The summed E-state index contributed by atoms with van der Waals surface area (Å²) in [6.45, 7) is 0.147. The highest BCUT2D eigenvalue weighted by Gasteiger charge is 2.28. The monoisotopic (exact) mass is 763 g/mol. The minimum absolute atomic E-state index is 0.00773. The average molecular weight is 764 g/mol. The van der Waals surface area contributed by atoms with Gasteiger partial charge in [0, 0.05) is 36.0 Å². The number of nitrogen functional groups attached to an aromatic ring is 3. The summed E-state index contributed by atoms with van der Waals surface area (Å²) in [7, 11) is 0. The molecule has 25 nitrogen and oxygen atoms in total. The van der Waals surface area contributed by atoms with Gasteiger partial charge in [0.2, 0.25) is 29.1 Å². The largest absolute Gasteiger partial charge is 0.379 e. The van der Waals surface area contributed by atoms with Crippen LogP contribution in [0.3, 0.4) is 0 Å². The zero-order chi connectivity index (χ0) is 39.5. The third-order valence-corrected chi connectivity index (χ3v) is 7.70. The van der Waals surface area contributed by atoms with Gasteiger partial charge in [0.25, 0.3) is 11.5 Å². The highest BCUT2D eigenvalue weighted by Crippen LogP contribution is 2.14. The number of aromatic amines is 1. The molecule has 6 aromatic heterocycles. The lowest BCUT2D eigenvalue weighted by molar-refractivity contribution is -0.147. The van der Waals surface area contributed by atoms with Crippen molar-refractivity contribution < 1.29 is 24.1 Å². The summed E-state index contributed by atoms with van der Waals surface area (Å²) in [5.74, 6) is -4.05. The highest BCUT2D eigenvalue weighted by atomic mass is 16.7. The van der Waals surface area contributed by atoms with E-state index in [4.69, 9.17) is 26.9 Å². The lowest BCUT2D eigenvalue weighted by Gasteiger charge is -2.19. The van der Waals surface area contributed by atoms with Gasteiger partial charge in [-0.3, -0.25) is 24.2 Å². The minimum Gasteiger partial charge on any atom is -0.379 e. The van der Waals surface area contributed by atoms with Crippen LogP contribution in [-0.4, -0.2) is 83.2 Å². The van der Waals surface area contributed by atoms with E-state index in [9.17, 15) is 28.8 Å². The number of nitrogens with two attached hydrogens (primary N) is 3. The van der Waals surface area contributed by atoms with Crippen molar-refractivity contribution in [3.8, 4) is 0 Å². The summed E-state index contributed by atoms with van der Waals surface area (Å²) in [6, 6.07) is 4.47. The van der Waals surface area contributed by atoms with Crippen molar-refractivity contribution in [2.45, 2.75) is 25.4 Å². The lowest BCUT2D eigenvalue weighted by Crippen LogP contribution is -2.46. The van der Waals surface area contributed by atoms with E-state index in [1.54, 1.807) is 12.1 Å². The molecule has 0 aliphatic heterocycles. The fourth-order valence-corrected chi connectivity index (χ4v) is 5.10. The Hall–Kier alpha value is -8.51. The molecule has 1 atom stereocenters. The second-order valence-corrected chi connectivity index (χ2v) is 11.5. The first kappa shape index (κ1) is 35.9. The number of benzene rings is 1. The second kappa shape index (κ2) is 14.8. The maximum atomic E-state index is 13.6. The fourth-order valence-electron chi connectivity index (χ4n) is 5.10. The predicted molar refractivity (Wildman–Crippen MR) is 192 cm³/mol. The Morgan fingerprint density at radius 1 is 0.750 bits per heavy atom. The van der Waals surface area contributed by atoms with Crippen molar-refractivity contribution in [3.05, 3.63) is 97.6 Å². The number of nitrogens with zero attached hydrogens (tertiary/aromatic N) is 11. The summed E-state index contributed by atoms with van der Waals surface area (Å²) in [5.41, 5.74) is 15.3. The molecule has 56 heavy (non-hydrogen) atoms. The van der Waals surface area contributed by atoms with Gasteiger partial charge in [-0.2, -0.15) is 15.0 Å². The number of nitrogens with one attached hydrogen (secondary N) is 3. The first-order valence-corrected chi connectivity index (χ1v) is 16.0. The van der Waals surface area contributed by atoms with Crippen molar-refractivity contribution in [1.29, 1.82) is 0 Å². The number of carbonyl (C=O) groups is 3. The molecule has 282 valence electrons. The van der Waals surface area contributed by atoms with Crippen LogP contribution in [0.25, 0.3) is 33.5 Å². The molecule has 0 unspecified atom stereocenters. The van der Waals surface area contributed by atoms with Gasteiger partial charge in [-0.1, -0.05) is 0 Å². The maximum absolute atomic E-state index is 13.6. The third kappa shape index (κ3) is 7.38. The summed E-state index contributed by atoms with van der Waals surface area (Å²) in [4.78, 5) is 125. The van der Waals surface area contributed by atoms with Crippen LogP contribution >= 0.6 is 0 Å². The van der Waals surface area contributed by atoms with E-state index in [2.05, 4.69) is 60.5 Å². The molecular formula is C31H25N17O8. The normalized spacial score (nSPS) is 11.6. The van der Waals surface area contributed by atoms with E-state index in [1.807, 2.05) is 0 Å². The molecular weight excluding hydrogens is 738 g/mol. The molecule has 0 fully saturated rings. The first-order valence-electron chi connectivity index (χ1n) is 16.0. The zero-order valence-electron chi connectivity index (χ0n) is 28.3. The Labute approximate surface area is 308 Å². The molecule has 0 radical (unpaired) electrons. The molecule has 0 saturated carbocycles. The Morgan fingerprint density at radius 2 is 1.36 bits per heavy atom. The van der Waals surface area contributed by atoms with E-state index in [1.165, 1.54) is 43.1 Å². The summed E-state index contributed by atoms with van der Waals surface area (Å²) in [5, 5.41) is 5.61. The van der Waals surface area contributed by atoms with Crippen LogP contribution in [0.4, 0.5) is 23.5 Å². The molecule has 25 heteroatoms. The van der Waals surface area contributed by atoms with Crippen LogP contribution in [0.2, 0.25) is 0 Å². The first-order chi connectivity index (χ1) is 26.9. The van der Waals surface area contributed by atoms with E-state index in [0.717, 1.165) is 0 Å². The van der Waals surface area contributed by atoms with Crippen LogP contribution in [0.1, 0.15) is 28.9 Å². The van der Waals surface area contributed by atoms with E-state index < -0.39 is 65.3 Å². The molecule has 9 N–H and O–H groups in total. The standard InChI is InChI=1S/C31H25N17O8/c32-29-43-21-18(25(51)44-29)41-15(12-40-21)11-39-14-3-1-13(2-4-14)24(50)42-16(28(54)56-48-23-20(36-8-10-38-23)27(53)46-31(48)34)5-6-17(49)55-47-22-19(35-7-9-37-22)26(52)45-30(47)33/h1-4,7-10,12,16,39H,5-6,11H2,(H,42,50)(H2,33,45,52)(H2,34,46,53)(H3,32,40,43,44,51)/t16-/m0/s1. The second-order valence-electron chi connectivity index (χ2n) is 11.5. The molecule has 7 rings (SSSR count). The maximum Gasteiger partial charge on any atom is 0.355 e. The number of anilines is 4. The SMILES string of the molecule is Nc1nc2ncc(CNc3ccc(C(=O)N[C@@H](CCC(=O)On4c(N)nc(=O)c5nccnc54)C(=O)On4c(N)nc(=O)c5nccnc54)cc3)nc2c(=O)[nH]1. The predicted octanol–water partition coefficient (Wildman–Crippen LogP) is -2.74. The summed E-state index contributed by atoms with van der Waals surface area (Å²) >= 11 is 0. The number of rotatable bonds is 11. The smallest absolute Gasteiger partial charge is 0.355 e. The van der Waals surface area contributed by atoms with Gasteiger partial charge < -0.3 is 37.5 Å². The van der Waals surface area contributed by atoms with Crippen molar-refractivity contribution in [2.24, 2.45) is 0 Å². The Bertz CT molecular complexity index is 2880. The van der Waals surface area contributed by atoms with E-state index in [0.29, 0.717) is 20.8 Å². The van der Waals surface area contributed by atoms with Gasteiger partial charge in [-0.25, -0.2) is 39.5 Å². The Kier molecular flexibility index (Phi) is 9.51. The van der Waals surface area contributed by atoms with Crippen molar-refractivity contribution in [1.82, 2.24) is 64.6 Å². The number of hydrogen-bond acceptors (Lipinski definition) is 21. The van der Waals surface area contributed by atoms with Gasteiger partial charge in [-0.05, 0) is 30.7 Å². The number of H-pyrrole nitrogens is 1. The fraction of sp³-hybridized carbons (Fsp3) is 0.129. The van der Waals surface area contributed by atoms with Crippen LogP contribution < -0.4 is 54.2 Å². The molecule has 0 saturated heterocycles. The topological polar surface area (TPSA) is 365 Å². The highest BCUT2D eigenvalue weighted by molar-refractivity contribution is 5.97. The lowest BCUT2D eigenvalue weighted by atomic mass is 10.1. The minimum atomic E-state index is -1.56. The number of amides is 1. The number of hydrogen-bond donors (Lipinski definition) is 6. The summed E-state index contributed by atoms with van der Waals surface area (Å²) < 4.78 is 1.36. The van der Waals surface area contributed by atoms with Gasteiger partial charge in [0.1, 0.15) is 6.04 Å². The Morgan fingerprint density at radius 3 is 2.00 bits per heavy atom. The molecule has 0 spiro atoms. The van der Waals surface area contributed by atoms with Crippen LogP contribution in [-0.2, 0) is 16.1 Å². The number of carbonyl (C=O) groups excluding carboxylic acids is 3. The molecule has 0 bridgehead atoms. The molecule has 1 aromatic carbocycles. The van der Waals surface area contributed by atoms with Crippen LogP contribution in [0.5, 0.6) is 0 Å². The van der Waals surface area contributed by atoms with E-state index in [-0.39, 0.29) is 51.5 Å². The van der Waals surface area contributed by atoms with Crippen LogP contribution in [0.15, 0.2) is 69.6 Å². The molecule has 0 aliphatic rings. The van der Waals surface area contributed by atoms with Gasteiger partial charge in [0.05, 0.1) is 24.9 Å². The Balaban J connectivity index is 1.08. The number of aromatic nitrogens is 12. The molecule has 7 aromatic rings. The van der Waals surface area contributed by atoms with Gasteiger partial charge in [-0.15, -0.1) is 9.46 Å². The molecule has 0 aliphatic carbocycles.